The number of halogens is 16. The molecule has 0 saturated carbocycles. The van der Waals surface area contributed by atoms with E-state index in [2.05, 4.69) is 0 Å². The zero-order valence-electron chi connectivity index (χ0n) is 13.4. The Morgan fingerprint density at radius 1 is 0.500 bits per heavy atom. The molecule has 0 unspecified atom stereocenters. The monoisotopic (exact) mass is 512 g/mol. The van der Waals surface area contributed by atoms with Crippen molar-refractivity contribution in [2.45, 2.75) is 48.4 Å². The standard InChI is InChI=1S/C10H9F16O3P/c11-3(12)7(19,20)9(23,24)5(15,16)1-30(27,28,29)2-6(17,18)10(25,26)8(21,22)4(13)14/h3-4,27-29H,1-2H2. The molecule has 0 fully saturated rings. The van der Waals surface area contributed by atoms with Crippen LogP contribution in [-0.4, -0.2) is 75.4 Å². The van der Waals surface area contributed by atoms with E-state index in [0.29, 0.717) is 0 Å². The Kier molecular flexibility index (Phi) is 7.17. The van der Waals surface area contributed by atoms with E-state index in [1.165, 1.54) is 0 Å². The van der Waals surface area contributed by atoms with Crippen LogP contribution in [0.2, 0.25) is 0 Å². The van der Waals surface area contributed by atoms with Crippen molar-refractivity contribution in [3.63, 3.8) is 0 Å². The van der Waals surface area contributed by atoms with Gasteiger partial charge in [0.25, 0.3) is 0 Å². The first-order chi connectivity index (χ1) is 12.6. The van der Waals surface area contributed by atoms with Crippen LogP contribution in [0.1, 0.15) is 0 Å². The number of alkyl halides is 16. The predicted molar refractivity (Wildman–Crippen MR) is 65.0 cm³/mol. The van der Waals surface area contributed by atoms with E-state index >= 15 is 0 Å². The van der Waals surface area contributed by atoms with Crippen molar-refractivity contribution in [3.05, 3.63) is 0 Å². The van der Waals surface area contributed by atoms with Crippen LogP contribution in [0.3, 0.4) is 0 Å². The van der Waals surface area contributed by atoms with E-state index < -0.39 is 68.0 Å². The molecular formula is C10H9F16O3P. The second-order valence-electron chi connectivity index (χ2n) is 6.06. The van der Waals surface area contributed by atoms with E-state index in [4.69, 9.17) is 14.7 Å². The SMILES string of the molecule is OP(O)(O)(CC(F)(F)C(F)(F)C(F)(F)C(F)F)CC(F)(F)C(F)(F)C(F)(F)C(F)F. The first kappa shape index (κ1) is 29.2. The molecule has 0 heterocycles. The van der Waals surface area contributed by atoms with Gasteiger partial charge in [0.05, 0.1) is 0 Å². The summed E-state index contributed by atoms with van der Waals surface area (Å²) in [6.45, 7) is 0. The molecule has 0 radical (unpaired) electrons. The molecule has 0 bridgehead atoms. The maximum atomic E-state index is 13.3. The van der Waals surface area contributed by atoms with Crippen LogP contribution >= 0.6 is 7.28 Å². The minimum absolute atomic E-state index is 4.13. The van der Waals surface area contributed by atoms with E-state index in [-0.39, 0.29) is 0 Å². The van der Waals surface area contributed by atoms with E-state index in [1.807, 2.05) is 0 Å². The molecular weight excluding hydrogens is 503 g/mol. The molecule has 3 N–H and O–H groups in total. The van der Waals surface area contributed by atoms with Gasteiger partial charge in [0.15, 0.2) is 0 Å². The van der Waals surface area contributed by atoms with Crippen molar-refractivity contribution in [3.8, 4) is 0 Å². The summed E-state index contributed by atoms with van der Waals surface area (Å²) in [5.41, 5.74) is 0. The molecule has 184 valence electrons. The fraction of sp³-hybridized carbons (Fsp3) is 1.00. The molecule has 0 aromatic heterocycles. The summed E-state index contributed by atoms with van der Waals surface area (Å²) in [6, 6.07) is 0. The summed E-state index contributed by atoms with van der Waals surface area (Å²) in [5.74, 6) is -42.6. The van der Waals surface area contributed by atoms with Gasteiger partial charge < -0.3 is 0 Å². The fourth-order valence-electron chi connectivity index (χ4n) is 1.83. The molecule has 0 amide bonds. The molecule has 0 aliphatic rings. The van der Waals surface area contributed by atoms with Crippen LogP contribution in [0.5, 0.6) is 0 Å². The molecule has 0 atom stereocenters. The third-order valence-corrected chi connectivity index (χ3v) is 5.44. The van der Waals surface area contributed by atoms with Gasteiger partial charge in [-0.2, -0.15) is 0 Å². The van der Waals surface area contributed by atoms with Crippen molar-refractivity contribution in [1.29, 1.82) is 0 Å². The molecule has 0 spiro atoms. The van der Waals surface area contributed by atoms with Gasteiger partial charge in [-0.1, -0.05) is 0 Å². The van der Waals surface area contributed by atoms with Crippen molar-refractivity contribution in [2.75, 3.05) is 12.3 Å². The molecule has 30 heavy (non-hydrogen) atoms. The van der Waals surface area contributed by atoms with E-state index in [1.54, 1.807) is 0 Å². The van der Waals surface area contributed by atoms with Crippen LogP contribution in [0.4, 0.5) is 70.2 Å². The zero-order valence-corrected chi connectivity index (χ0v) is 14.3. The molecule has 0 rings (SSSR count). The maximum absolute atomic E-state index is 13.3. The van der Waals surface area contributed by atoms with Gasteiger partial charge in [0.2, 0.25) is 0 Å². The summed E-state index contributed by atoms with van der Waals surface area (Å²) in [7, 11) is -8.53. The van der Waals surface area contributed by atoms with Gasteiger partial charge in [-0.3, -0.25) is 0 Å². The minimum atomic E-state index is -8.53. The van der Waals surface area contributed by atoms with Crippen molar-refractivity contribution < 1.29 is 84.9 Å². The molecule has 0 aromatic rings. The third kappa shape index (κ3) is 4.98. The van der Waals surface area contributed by atoms with Crippen molar-refractivity contribution >= 4 is 7.28 Å². The van der Waals surface area contributed by atoms with Crippen LogP contribution < -0.4 is 0 Å². The average molecular weight is 512 g/mol. The van der Waals surface area contributed by atoms with Gasteiger partial charge in [-0.15, -0.1) is 0 Å². The number of rotatable bonds is 10. The Balaban J connectivity index is 6.17. The van der Waals surface area contributed by atoms with Gasteiger partial charge >= 0.3 is 153 Å². The molecule has 0 aromatic carbocycles. The summed E-state index contributed by atoms with van der Waals surface area (Å²) < 4.78 is 204. The van der Waals surface area contributed by atoms with Crippen LogP contribution in [0, 0.1) is 0 Å². The van der Waals surface area contributed by atoms with Crippen LogP contribution in [0.25, 0.3) is 0 Å². The first-order valence-electron chi connectivity index (χ1n) is 6.66. The molecule has 0 aliphatic heterocycles. The fourth-order valence-corrected chi connectivity index (χ4v) is 3.97. The topological polar surface area (TPSA) is 60.7 Å². The summed E-state index contributed by atoms with van der Waals surface area (Å²) in [6.07, 6.45) is -19.4. The normalized spacial score (nSPS) is 17.4. The Hall–Kier alpha value is -0.810. The quantitative estimate of drug-likeness (QED) is 0.296. The Morgan fingerprint density at radius 2 is 0.700 bits per heavy atom. The number of hydrogen-bond donors (Lipinski definition) is 3. The van der Waals surface area contributed by atoms with Gasteiger partial charge in [-0.05, 0) is 0 Å². The van der Waals surface area contributed by atoms with Crippen LogP contribution in [-0.2, 0) is 0 Å². The van der Waals surface area contributed by atoms with Gasteiger partial charge in [0.1, 0.15) is 0 Å². The Labute approximate surface area is 154 Å². The summed E-state index contributed by atoms with van der Waals surface area (Å²) in [4.78, 5) is 26.8. The van der Waals surface area contributed by atoms with Gasteiger partial charge in [0, 0.05) is 0 Å². The van der Waals surface area contributed by atoms with Crippen molar-refractivity contribution in [2.24, 2.45) is 0 Å². The zero-order chi connectivity index (χ0) is 25.0. The summed E-state index contributed by atoms with van der Waals surface area (Å²) in [5, 5.41) is 0. The molecule has 0 aliphatic carbocycles. The predicted octanol–water partition coefficient (Wildman–Crippen LogP) is 4.60. The van der Waals surface area contributed by atoms with Crippen molar-refractivity contribution in [1.82, 2.24) is 0 Å². The van der Waals surface area contributed by atoms with Gasteiger partial charge in [-0.25, -0.2) is 0 Å². The molecule has 0 saturated heterocycles. The second-order valence-corrected chi connectivity index (χ2v) is 9.38. The third-order valence-electron chi connectivity index (χ3n) is 3.35. The average Bonchev–Trinajstić information content (AvgIpc) is 2.42. The molecule has 20 heteroatoms. The first-order valence-corrected chi connectivity index (χ1v) is 9.12. The van der Waals surface area contributed by atoms with E-state index in [0.717, 1.165) is 0 Å². The summed E-state index contributed by atoms with van der Waals surface area (Å²) >= 11 is 0. The Bertz CT molecular complexity index is 574. The van der Waals surface area contributed by atoms with Crippen LogP contribution in [0.15, 0.2) is 0 Å². The Morgan fingerprint density at radius 3 is 0.867 bits per heavy atom. The second kappa shape index (κ2) is 7.37. The number of hydrogen-bond acceptors (Lipinski definition) is 3. The molecule has 3 nitrogen and oxygen atoms in total. The van der Waals surface area contributed by atoms with E-state index in [9.17, 15) is 70.2 Å².